The third-order valence-electron chi connectivity index (χ3n) is 8.17. The van der Waals surface area contributed by atoms with E-state index in [-0.39, 0.29) is 23.4 Å². The Bertz CT molecular complexity index is 1030. The summed E-state index contributed by atoms with van der Waals surface area (Å²) in [6.07, 6.45) is 8.32. The van der Waals surface area contributed by atoms with Crippen molar-refractivity contribution in [2.24, 2.45) is 17.8 Å². The molecule has 4 saturated carbocycles. The van der Waals surface area contributed by atoms with Crippen molar-refractivity contribution in [1.82, 2.24) is 10.6 Å². The summed E-state index contributed by atoms with van der Waals surface area (Å²) < 4.78 is 5.25. The molecule has 4 fully saturated rings. The minimum absolute atomic E-state index is 0.0238. The Morgan fingerprint density at radius 3 is 2.23 bits per heavy atom. The number of thioether (sulfide) groups is 1. The summed E-state index contributed by atoms with van der Waals surface area (Å²) in [7, 11) is 1.64. The van der Waals surface area contributed by atoms with E-state index in [1.165, 1.54) is 31.0 Å². The summed E-state index contributed by atoms with van der Waals surface area (Å²) in [5.74, 6) is 3.52. The molecule has 6 heteroatoms. The minimum Gasteiger partial charge on any atom is -0.497 e. The van der Waals surface area contributed by atoms with Crippen LogP contribution in [0, 0.1) is 17.8 Å². The molecule has 2 N–H and O–H groups in total. The molecule has 0 saturated heterocycles. The summed E-state index contributed by atoms with van der Waals surface area (Å²) in [5.41, 5.74) is 1.68. The second-order valence-electron chi connectivity index (χ2n) is 10.7. The quantitative estimate of drug-likeness (QED) is 0.437. The Balaban J connectivity index is 1.21. The fourth-order valence-corrected chi connectivity index (χ4v) is 7.86. The molecule has 5 nitrogen and oxygen atoms in total. The molecule has 0 aliphatic heterocycles. The number of carbonyl (C=O) groups is 2. The van der Waals surface area contributed by atoms with Gasteiger partial charge in [0.1, 0.15) is 5.75 Å². The number of rotatable bonds is 9. The molecule has 2 amide bonds. The number of nitrogens with one attached hydrogen (secondary N) is 2. The van der Waals surface area contributed by atoms with Gasteiger partial charge in [-0.2, -0.15) is 0 Å². The van der Waals surface area contributed by atoms with Gasteiger partial charge in [0.2, 0.25) is 5.91 Å². The Labute approximate surface area is 212 Å². The zero-order valence-electron chi connectivity index (χ0n) is 20.7. The second-order valence-corrected chi connectivity index (χ2v) is 11.8. The molecular formula is C29H36N2O3S. The maximum atomic E-state index is 13.2. The Morgan fingerprint density at radius 1 is 1.00 bits per heavy atom. The lowest BCUT2D eigenvalue weighted by atomic mass is 9.53. The lowest BCUT2D eigenvalue weighted by molar-refractivity contribution is -0.124. The van der Waals surface area contributed by atoms with Crippen molar-refractivity contribution in [2.75, 3.05) is 12.9 Å². The van der Waals surface area contributed by atoms with E-state index in [4.69, 9.17) is 4.74 Å². The van der Waals surface area contributed by atoms with Gasteiger partial charge in [-0.1, -0.05) is 31.2 Å². The van der Waals surface area contributed by atoms with Gasteiger partial charge in [0.15, 0.2) is 0 Å². The number of ether oxygens (including phenoxy) is 1. The normalized spacial score (nSPS) is 27.3. The molecule has 0 spiro atoms. The zero-order valence-corrected chi connectivity index (χ0v) is 21.5. The first-order valence-electron chi connectivity index (χ1n) is 12.9. The van der Waals surface area contributed by atoms with Crippen LogP contribution in [-0.4, -0.2) is 30.2 Å². The molecule has 4 aliphatic carbocycles. The molecule has 0 heterocycles. The Kier molecular flexibility index (Phi) is 7.10. The van der Waals surface area contributed by atoms with Crippen molar-refractivity contribution < 1.29 is 14.3 Å². The van der Waals surface area contributed by atoms with Crippen molar-refractivity contribution in [2.45, 2.75) is 68.3 Å². The van der Waals surface area contributed by atoms with Crippen LogP contribution in [0.4, 0.5) is 0 Å². The molecule has 2 aromatic carbocycles. The summed E-state index contributed by atoms with van der Waals surface area (Å²) in [5, 5.41) is 6.62. The van der Waals surface area contributed by atoms with Crippen LogP contribution in [0.25, 0.3) is 0 Å². The highest BCUT2D eigenvalue weighted by Gasteiger charge is 2.51. The largest absolute Gasteiger partial charge is 0.497 e. The van der Waals surface area contributed by atoms with Crippen molar-refractivity contribution >= 4 is 23.6 Å². The van der Waals surface area contributed by atoms with Crippen LogP contribution < -0.4 is 15.4 Å². The number of methoxy groups -OCH3 is 1. The standard InChI is InChI=1S/C29H36N2O3S/c1-3-25(22-8-10-23(34-2)11-9-22)30-28(33)24-6-4-5-7-26(24)35-18-27(32)31-29-15-19-12-20(16-29)14-21(13-19)17-29/h4-11,19-21,25H,3,12-18H2,1-2H3,(H,30,33)(H,31,32). The topological polar surface area (TPSA) is 67.4 Å². The van der Waals surface area contributed by atoms with Gasteiger partial charge in [-0.3, -0.25) is 9.59 Å². The molecule has 1 unspecified atom stereocenters. The number of hydrogen-bond donors (Lipinski definition) is 2. The van der Waals surface area contributed by atoms with E-state index in [0.29, 0.717) is 11.3 Å². The zero-order chi connectivity index (χ0) is 24.4. The predicted octanol–water partition coefficient (Wildman–Crippen LogP) is 5.75. The van der Waals surface area contributed by atoms with Crippen LogP contribution in [0.15, 0.2) is 53.4 Å². The molecule has 4 aliphatic rings. The monoisotopic (exact) mass is 492 g/mol. The van der Waals surface area contributed by atoms with Gasteiger partial charge in [-0.15, -0.1) is 11.8 Å². The summed E-state index contributed by atoms with van der Waals surface area (Å²) in [4.78, 5) is 27.1. The fourth-order valence-electron chi connectivity index (χ4n) is 7.01. The molecule has 35 heavy (non-hydrogen) atoms. The first-order chi connectivity index (χ1) is 17.0. The van der Waals surface area contributed by atoms with Crippen LogP contribution in [0.5, 0.6) is 5.75 Å². The molecule has 4 bridgehead atoms. The highest BCUT2D eigenvalue weighted by atomic mass is 32.2. The highest BCUT2D eigenvalue weighted by molar-refractivity contribution is 8.00. The number of amides is 2. The van der Waals surface area contributed by atoms with E-state index in [9.17, 15) is 9.59 Å². The van der Waals surface area contributed by atoms with E-state index in [2.05, 4.69) is 17.6 Å². The predicted molar refractivity (Wildman–Crippen MR) is 140 cm³/mol. The molecule has 0 aromatic heterocycles. The number of carbonyl (C=O) groups excluding carboxylic acids is 2. The van der Waals surface area contributed by atoms with Crippen molar-refractivity contribution in [3.05, 3.63) is 59.7 Å². The van der Waals surface area contributed by atoms with Crippen molar-refractivity contribution in [1.29, 1.82) is 0 Å². The van der Waals surface area contributed by atoms with Crippen LogP contribution in [0.2, 0.25) is 0 Å². The number of hydrogen-bond acceptors (Lipinski definition) is 4. The first-order valence-corrected chi connectivity index (χ1v) is 13.9. The average molecular weight is 493 g/mol. The van der Waals surface area contributed by atoms with Gasteiger partial charge in [0, 0.05) is 10.4 Å². The van der Waals surface area contributed by atoms with Gasteiger partial charge in [-0.05, 0) is 92.5 Å². The lowest BCUT2D eigenvalue weighted by Crippen LogP contribution is -2.60. The molecule has 186 valence electrons. The van der Waals surface area contributed by atoms with E-state index in [1.54, 1.807) is 7.11 Å². The van der Waals surface area contributed by atoms with Crippen LogP contribution in [-0.2, 0) is 4.79 Å². The van der Waals surface area contributed by atoms with E-state index in [1.807, 2.05) is 48.5 Å². The van der Waals surface area contributed by atoms with Crippen molar-refractivity contribution in [3.8, 4) is 5.75 Å². The Hall–Kier alpha value is -2.47. The smallest absolute Gasteiger partial charge is 0.252 e. The van der Waals surface area contributed by atoms with Gasteiger partial charge in [0.25, 0.3) is 5.91 Å². The third-order valence-corrected chi connectivity index (χ3v) is 9.24. The second kappa shape index (κ2) is 10.3. The third kappa shape index (κ3) is 5.37. The van der Waals surface area contributed by atoms with Crippen LogP contribution >= 0.6 is 11.8 Å². The average Bonchev–Trinajstić information content (AvgIpc) is 2.85. The molecule has 6 rings (SSSR count). The fraction of sp³-hybridized carbons (Fsp3) is 0.517. The lowest BCUT2D eigenvalue weighted by Gasteiger charge is -2.56. The van der Waals surface area contributed by atoms with E-state index >= 15 is 0 Å². The van der Waals surface area contributed by atoms with Crippen molar-refractivity contribution in [3.63, 3.8) is 0 Å². The van der Waals surface area contributed by atoms with Gasteiger partial charge >= 0.3 is 0 Å². The first kappa shape index (κ1) is 24.2. The highest BCUT2D eigenvalue weighted by Crippen LogP contribution is 2.55. The molecule has 0 radical (unpaired) electrons. The molecule has 1 atom stereocenters. The van der Waals surface area contributed by atoms with Crippen LogP contribution in [0.3, 0.4) is 0 Å². The minimum atomic E-state index is -0.114. The van der Waals surface area contributed by atoms with E-state index in [0.717, 1.165) is 59.6 Å². The number of benzene rings is 2. The van der Waals surface area contributed by atoms with E-state index < -0.39 is 0 Å². The summed E-state index contributed by atoms with van der Waals surface area (Å²) >= 11 is 1.46. The van der Waals surface area contributed by atoms with Gasteiger partial charge in [0.05, 0.1) is 24.5 Å². The summed E-state index contributed by atoms with van der Waals surface area (Å²) in [6.45, 7) is 2.06. The SMILES string of the molecule is CCC(NC(=O)c1ccccc1SCC(=O)NC12CC3CC(CC(C3)C1)C2)c1ccc(OC)cc1. The summed E-state index contributed by atoms with van der Waals surface area (Å²) in [6, 6.07) is 15.3. The van der Waals surface area contributed by atoms with Gasteiger partial charge < -0.3 is 15.4 Å². The Morgan fingerprint density at radius 2 is 1.63 bits per heavy atom. The molecule has 2 aromatic rings. The maximum Gasteiger partial charge on any atom is 0.252 e. The van der Waals surface area contributed by atoms with Gasteiger partial charge in [-0.25, -0.2) is 0 Å². The van der Waals surface area contributed by atoms with Crippen LogP contribution in [0.1, 0.15) is 73.8 Å². The maximum absolute atomic E-state index is 13.2. The molecular weight excluding hydrogens is 456 g/mol.